The van der Waals surface area contributed by atoms with Gasteiger partial charge in [-0.05, 0) is 48.7 Å². The summed E-state index contributed by atoms with van der Waals surface area (Å²) in [5.74, 6) is 0.639. The molecular weight excluding hydrogens is 388 g/mol. The summed E-state index contributed by atoms with van der Waals surface area (Å²) in [6.45, 7) is 7.27. The van der Waals surface area contributed by atoms with Gasteiger partial charge in [-0.15, -0.1) is 0 Å². The topological polar surface area (TPSA) is 64.4 Å². The first-order chi connectivity index (χ1) is 13.8. The number of carbonyl (C=O) groups excluding carboxylic acids is 1. The van der Waals surface area contributed by atoms with Crippen molar-refractivity contribution in [2.24, 2.45) is 0 Å². The molecule has 1 aliphatic rings. The summed E-state index contributed by atoms with van der Waals surface area (Å²) in [4.78, 5) is 18.0. The SMILES string of the molecule is CC(C)(C)c1nc2cc(NC(=O)C3(c4ccc(Cl)cc4)CCOCC3)ccc2o1. The molecule has 5 nitrogen and oxygen atoms in total. The third-order valence-corrected chi connectivity index (χ3v) is 5.72. The van der Waals surface area contributed by atoms with Gasteiger partial charge in [0, 0.05) is 29.3 Å². The van der Waals surface area contributed by atoms with Crippen LogP contribution in [0.2, 0.25) is 5.02 Å². The Labute approximate surface area is 175 Å². The predicted octanol–water partition coefficient (Wildman–Crippen LogP) is 5.47. The Morgan fingerprint density at radius 1 is 1.10 bits per heavy atom. The summed E-state index contributed by atoms with van der Waals surface area (Å²) in [6, 6.07) is 13.1. The minimum atomic E-state index is -0.641. The van der Waals surface area contributed by atoms with Gasteiger partial charge in [0.15, 0.2) is 5.58 Å². The minimum Gasteiger partial charge on any atom is -0.440 e. The van der Waals surface area contributed by atoms with Gasteiger partial charge < -0.3 is 14.5 Å². The van der Waals surface area contributed by atoms with E-state index in [1.165, 1.54) is 0 Å². The minimum absolute atomic E-state index is 0.0398. The second kappa shape index (κ2) is 7.47. The number of ether oxygens (including phenoxy) is 1. The molecule has 3 aromatic rings. The molecule has 0 bridgehead atoms. The molecule has 1 aromatic heterocycles. The normalized spacial score (nSPS) is 16.7. The van der Waals surface area contributed by atoms with Gasteiger partial charge in [0.05, 0.1) is 5.41 Å². The average Bonchev–Trinajstić information content (AvgIpc) is 3.13. The van der Waals surface area contributed by atoms with Gasteiger partial charge in [0.1, 0.15) is 5.52 Å². The van der Waals surface area contributed by atoms with Gasteiger partial charge in [-0.25, -0.2) is 4.98 Å². The number of hydrogen-bond donors (Lipinski definition) is 1. The van der Waals surface area contributed by atoms with Crippen molar-refractivity contribution < 1.29 is 13.9 Å². The van der Waals surface area contributed by atoms with E-state index >= 15 is 0 Å². The van der Waals surface area contributed by atoms with E-state index in [4.69, 9.17) is 20.8 Å². The fourth-order valence-electron chi connectivity index (χ4n) is 3.71. The van der Waals surface area contributed by atoms with Crippen molar-refractivity contribution in [2.45, 2.75) is 44.4 Å². The number of carbonyl (C=O) groups is 1. The second-order valence-corrected chi connectivity index (χ2v) is 9.04. The van der Waals surface area contributed by atoms with Crippen LogP contribution in [0.15, 0.2) is 46.9 Å². The molecule has 2 heterocycles. The van der Waals surface area contributed by atoms with E-state index in [1.54, 1.807) is 0 Å². The zero-order chi connectivity index (χ0) is 20.6. The number of rotatable bonds is 3. The lowest BCUT2D eigenvalue weighted by Gasteiger charge is -2.36. The highest BCUT2D eigenvalue weighted by Gasteiger charge is 2.41. The van der Waals surface area contributed by atoms with Crippen molar-refractivity contribution in [1.82, 2.24) is 4.98 Å². The van der Waals surface area contributed by atoms with Crippen LogP contribution < -0.4 is 5.32 Å². The zero-order valence-electron chi connectivity index (χ0n) is 16.9. The van der Waals surface area contributed by atoms with E-state index in [9.17, 15) is 4.79 Å². The number of amides is 1. The first-order valence-electron chi connectivity index (χ1n) is 9.84. The number of anilines is 1. The number of nitrogens with one attached hydrogen (secondary N) is 1. The van der Waals surface area contributed by atoms with Crippen molar-refractivity contribution in [3.63, 3.8) is 0 Å². The first kappa shape index (κ1) is 19.9. The van der Waals surface area contributed by atoms with Gasteiger partial charge in [-0.2, -0.15) is 0 Å². The molecule has 1 aliphatic heterocycles. The standard InChI is InChI=1S/C23H25ClN2O3/c1-22(2,3)21-26-18-14-17(8-9-19(18)29-21)25-20(27)23(10-12-28-13-11-23)15-4-6-16(24)7-5-15/h4-9,14H,10-13H2,1-3H3,(H,25,27). The second-order valence-electron chi connectivity index (χ2n) is 8.61. The van der Waals surface area contributed by atoms with E-state index in [-0.39, 0.29) is 11.3 Å². The van der Waals surface area contributed by atoms with Crippen LogP contribution in [0, 0.1) is 0 Å². The molecule has 6 heteroatoms. The van der Waals surface area contributed by atoms with Gasteiger partial charge in [-0.1, -0.05) is 44.5 Å². The molecule has 0 spiro atoms. The van der Waals surface area contributed by atoms with Crippen LogP contribution in [-0.2, 0) is 20.4 Å². The summed E-state index contributed by atoms with van der Waals surface area (Å²) in [7, 11) is 0. The molecule has 1 saturated heterocycles. The Balaban J connectivity index is 1.64. The van der Waals surface area contributed by atoms with E-state index in [0.717, 1.165) is 11.1 Å². The fraction of sp³-hybridized carbons (Fsp3) is 0.391. The lowest BCUT2D eigenvalue weighted by Crippen LogP contribution is -2.44. The van der Waals surface area contributed by atoms with Crippen molar-refractivity contribution >= 4 is 34.3 Å². The lowest BCUT2D eigenvalue weighted by molar-refractivity contribution is -0.125. The summed E-state index contributed by atoms with van der Waals surface area (Å²) < 4.78 is 11.4. The van der Waals surface area contributed by atoms with Crippen LogP contribution >= 0.6 is 11.6 Å². The predicted molar refractivity (Wildman–Crippen MR) is 115 cm³/mol. The number of benzene rings is 2. The van der Waals surface area contributed by atoms with E-state index in [0.29, 0.717) is 48.2 Å². The van der Waals surface area contributed by atoms with E-state index in [1.807, 2.05) is 42.5 Å². The molecule has 0 atom stereocenters. The molecule has 4 rings (SSSR count). The van der Waals surface area contributed by atoms with Gasteiger partial charge in [0.25, 0.3) is 0 Å². The third-order valence-electron chi connectivity index (χ3n) is 5.46. The van der Waals surface area contributed by atoms with Crippen molar-refractivity contribution in [1.29, 1.82) is 0 Å². The highest BCUT2D eigenvalue weighted by Crippen LogP contribution is 2.37. The summed E-state index contributed by atoms with van der Waals surface area (Å²) in [6.07, 6.45) is 1.25. The van der Waals surface area contributed by atoms with Crippen molar-refractivity contribution in [3.8, 4) is 0 Å². The van der Waals surface area contributed by atoms with Gasteiger partial charge >= 0.3 is 0 Å². The molecule has 1 fully saturated rings. The highest BCUT2D eigenvalue weighted by molar-refractivity contribution is 6.30. The van der Waals surface area contributed by atoms with Crippen LogP contribution in [0.1, 0.15) is 45.1 Å². The number of halogens is 1. The van der Waals surface area contributed by atoms with E-state index in [2.05, 4.69) is 31.1 Å². The molecule has 152 valence electrons. The molecular formula is C23H25ClN2O3. The maximum Gasteiger partial charge on any atom is 0.235 e. The van der Waals surface area contributed by atoms with Crippen LogP contribution in [0.3, 0.4) is 0 Å². The fourth-order valence-corrected chi connectivity index (χ4v) is 3.84. The molecule has 2 aromatic carbocycles. The molecule has 1 N–H and O–H groups in total. The first-order valence-corrected chi connectivity index (χ1v) is 10.2. The monoisotopic (exact) mass is 412 g/mol. The Morgan fingerprint density at radius 2 is 1.79 bits per heavy atom. The third kappa shape index (κ3) is 3.89. The maximum absolute atomic E-state index is 13.4. The quantitative estimate of drug-likeness (QED) is 0.619. The van der Waals surface area contributed by atoms with E-state index < -0.39 is 5.41 Å². The largest absolute Gasteiger partial charge is 0.440 e. The number of aromatic nitrogens is 1. The number of fused-ring (bicyclic) bond motifs is 1. The van der Waals surface area contributed by atoms with Crippen LogP contribution in [-0.4, -0.2) is 24.1 Å². The number of oxazole rings is 1. The van der Waals surface area contributed by atoms with Crippen LogP contribution in [0.4, 0.5) is 5.69 Å². The zero-order valence-corrected chi connectivity index (χ0v) is 17.7. The maximum atomic E-state index is 13.4. The molecule has 1 amide bonds. The molecule has 29 heavy (non-hydrogen) atoms. The van der Waals surface area contributed by atoms with Gasteiger partial charge in [0.2, 0.25) is 11.8 Å². The Morgan fingerprint density at radius 3 is 2.45 bits per heavy atom. The van der Waals surface area contributed by atoms with Crippen LogP contribution in [0.25, 0.3) is 11.1 Å². The highest BCUT2D eigenvalue weighted by atomic mass is 35.5. The lowest BCUT2D eigenvalue weighted by atomic mass is 9.73. The molecule has 0 saturated carbocycles. The smallest absolute Gasteiger partial charge is 0.235 e. The van der Waals surface area contributed by atoms with Crippen molar-refractivity contribution in [2.75, 3.05) is 18.5 Å². The Kier molecular flexibility index (Phi) is 5.13. The summed E-state index contributed by atoms with van der Waals surface area (Å²) >= 11 is 6.05. The number of nitrogens with zero attached hydrogens (tertiary/aromatic N) is 1. The van der Waals surface area contributed by atoms with Crippen LogP contribution in [0.5, 0.6) is 0 Å². The molecule has 0 aliphatic carbocycles. The summed E-state index contributed by atoms with van der Waals surface area (Å²) in [5, 5.41) is 3.75. The van der Waals surface area contributed by atoms with Crippen molar-refractivity contribution in [3.05, 3.63) is 58.9 Å². The summed E-state index contributed by atoms with van der Waals surface area (Å²) in [5.41, 5.74) is 2.30. The number of hydrogen-bond acceptors (Lipinski definition) is 4. The average molecular weight is 413 g/mol. The molecule has 0 unspecified atom stereocenters. The van der Waals surface area contributed by atoms with Gasteiger partial charge in [-0.3, -0.25) is 4.79 Å². The Hall–Kier alpha value is -2.37. The Bertz CT molecular complexity index is 1030. The molecule has 0 radical (unpaired) electrons.